The molecule has 1 saturated carbocycles. The largest absolute Gasteiger partial charge is 0.508 e. The van der Waals surface area contributed by atoms with Crippen LogP contribution >= 0.6 is 0 Å². The molecule has 2 aromatic carbocycles. The van der Waals surface area contributed by atoms with Gasteiger partial charge in [-0.05, 0) is 105 Å². The molecule has 5 aliphatic rings. The summed E-state index contributed by atoms with van der Waals surface area (Å²) in [6.45, 7) is 6.81. The van der Waals surface area contributed by atoms with Gasteiger partial charge >= 0.3 is 6.01 Å². The van der Waals surface area contributed by atoms with Gasteiger partial charge in [-0.1, -0.05) is 13.0 Å². The SMILES string of the molecule is CCc1c(F)ccc2cc(O)cc(-c3nc4c5c(nc(OCC6(CN7CCCC(=C(F)F)CC7)CC6)nc5c3F)N3CC5CCC(N5)C3C(C)O4)c12. The predicted molar refractivity (Wildman–Crippen MR) is 189 cm³/mol. The third kappa shape index (κ3) is 5.71. The number of benzene rings is 2. The summed E-state index contributed by atoms with van der Waals surface area (Å²) in [5.74, 6) is -0.591. The monoisotopic (exact) mass is 718 g/mol. The molecular formula is C39H42F4N6O3. The Morgan fingerprint density at radius 3 is 2.71 bits per heavy atom. The fourth-order valence-corrected chi connectivity index (χ4v) is 9.18. The van der Waals surface area contributed by atoms with E-state index in [2.05, 4.69) is 15.1 Å². The van der Waals surface area contributed by atoms with Crippen LogP contribution in [-0.4, -0.2) is 82.0 Å². The molecule has 4 aromatic rings. The third-order valence-corrected chi connectivity index (χ3v) is 12.0. The molecular weight excluding hydrogens is 676 g/mol. The summed E-state index contributed by atoms with van der Waals surface area (Å²) in [6.07, 6.45) is 3.74. The van der Waals surface area contributed by atoms with Gasteiger partial charge < -0.3 is 29.7 Å². The van der Waals surface area contributed by atoms with E-state index in [-0.39, 0.29) is 69.6 Å². The van der Waals surface area contributed by atoms with Gasteiger partial charge in [-0.25, -0.2) is 13.8 Å². The quantitative estimate of drug-likeness (QED) is 0.191. The number of piperazine rings is 1. The molecule has 52 heavy (non-hydrogen) atoms. The van der Waals surface area contributed by atoms with Crippen LogP contribution in [0.1, 0.15) is 64.4 Å². The third-order valence-electron chi connectivity index (χ3n) is 12.0. The number of nitrogens with zero attached hydrogens (tertiary/aromatic N) is 5. The Bertz CT molecular complexity index is 2120. The van der Waals surface area contributed by atoms with Crippen molar-refractivity contribution in [2.75, 3.05) is 37.7 Å². The van der Waals surface area contributed by atoms with Gasteiger partial charge in [0, 0.05) is 42.7 Å². The van der Waals surface area contributed by atoms with Crippen molar-refractivity contribution in [1.29, 1.82) is 0 Å². The van der Waals surface area contributed by atoms with Gasteiger partial charge in [0.05, 0.1) is 12.6 Å². The normalized spacial score (nSPS) is 25.1. The highest BCUT2D eigenvalue weighted by Gasteiger charge is 2.48. The molecule has 4 aliphatic heterocycles. The number of rotatable bonds is 7. The first kappa shape index (κ1) is 33.6. The lowest BCUT2D eigenvalue weighted by atomic mass is 9.94. The standard InChI is InChI=1S/C39H42F4N6O3/c1-3-25-27(40)8-6-22-15-24(50)16-26(29(22)25)32-31(41)33-30-36(49-17-23-7-9-28(44-23)34(49)20(2)52-37(30)45-32)47-38(46-33)51-19-39(11-12-39)18-48-13-4-5-21(10-14-48)35(42)43/h6,8,15-16,20,23,28,34,44,50H,3-5,7,9-14,17-19H2,1-2H3. The van der Waals surface area contributed by atoms with Crippen LogP contribution in [0.3, 0.4) is 0 Å². The number of likely N-dealkylation sites (tertiary alicyclic amines) is 1. The number of aromatic hydroxyl groups is 1. The zero-order valence-electron chi connectivity index (χ0n) is 29.3. The van der Waals surface area contributed by atoms with E-state index in [1.165, 1.54) is 18.2 Å². The zero-order chi connectivity index (χ0) is 35.9. The molecule has 4 unspecified atom stereocenters. The van der Waals surface area contributed by atoms with Crippen molar-refractivity contribution in [3.63, 3.8) is 0 Å². The van der Waals surface area contributed by atoms with E-state index in [1.807, 2.05) is 13.8 Å². The fourth-order valence-electron chi connectivity index (χ4n) is 9.18. The Morgan fingerprint density at radius 2 is 1.92 bits per heavy atom. The van der Waals surface area contributed by atoms with E-state index in [9.17, 15) is 13.9 Å². The first-order valence-corrected chi connectivity index (χ1v) is 18.5. The smallest absolute Gasteiger partial charge is 0.319 e. The predicted octanol–water partition coefficient (Wildman–Crippen LogP) is 7.28. The van der Waals surface area contributed by atoms with Crippen LogP contribution in [0.15, 0.2) is 35.9 Å². The van der Waals surface area contributed by atoms with Crippen molar-refractivity contribution in [1.82, 2.24) is 25.2 Å². The van der Waals surface area contributed by atoms with Gasteiger partial charge in [-0.3, -0.25) is 0 Å². The molecule has 4 atom stereocenters. The average molecular weight is 719 g/mol. The van der Waals surface area contributed by atoms with Gasteiger partial charge in [0.2, 0.25) is 5.88 Å². The van der Waals surface area contributed by atoms with Crippen molar-refractivity contribution in [3.05, 3.63) is 53.1 Å². The summed E-state index contributed by atoms with van der Waals surface area (Å²) in [5.41, 5.74) is 0.585. The number of phenols is 1. The fraction of sp³-hybridized carbons (Fsp3) is 0.513. The summed E-state index contributed by atoms with van der Waals surface area (Å²) in [7, 11) is 0. The molecule has 1 aliphatic carbocycles. The number of ether oxygens (including phenoxy) is 2. The highest BCUT2D eigenvalue weighted by atomic mass is 19.3. The van der Waals surface area contributed by atoms with Gasteiger partial charge in [0.1, 0.15) is 40.1 Å². The Labute approximate surface area is 299 Å². The molecule has 9 rings (SSSR count). The number of aryl methyl sites for hydroxylation is 1. The minimum atomic E-state index is -1.55. The Balaban J connectivity index is 1.15. The second-order valence-electron chi connectivity index (χ2n) is 15.4. The van der Waals surface area contributed by atoms with E-state index >= 15 is 8.78 Å². The van der Waals surface area contributed by atoms with Crippen LogP contribution in [0.5, 0.6) is 17.6 Å². The van der Waals surface area contributed by atoms with Crippen LogP contribution in [0.25, 0.3) is 32.9 Å². The van der Waals surface area contributed by atoms with Crippen molar-refractivity contribution in [2.45, 2.75) is 89.4 Å². The van der Waals surface area contributed by atoms with Crippen molar-refractivity contribution in [2.24, 2.45) is 5.41 Å². The molecule has 6 heterocycles. The number of halogens is 4. The van der Waals surface area contributed by atoms with Crippen molar-refractivity contribution in [3.8, 4) is 28.9 Å². The number of hydrogen-bond acceptors (Lipinski definition) is 9. The van der Waals surface area contributed by atoms with E-state index in [1.54, 1.807) is 6.07 Å². The number of hydrogen-bond donors (Lipinski definition) is 2. The lowest BCUT2D eigenvalue weighted by Crippen LogP contribution is -2.62. The van der Waals surface area contributed by atoms with Crippen LogP contribution < -0.4 is 19.7 Å². The minimum absolute atomic E-state index is 0.0189. The summed E-state index contributed by atoms with van der Waals surface area (Å²) < 4.78 is 72.1. The maximum atomic E-state index is 17.3. The van der Waals surface area contributed by atoms with Crippen LogP contribution in [0.4, 0.5) is 23.4 Å². The molecule has 9 nitrogen and oxygen atoms in total. The van der Waals surface area contributed by atoms with E-state index in [0.717, 1.165) is 38.8 Å². The average Bonchev–Trinajstić information content (AvgIpc) is 3.87. The molecule has 0 radical (unpaired) electrons. The molecule has 2 bridgehead atoms. The van der Waals surface area contributed by atoms with Gasteiger partial charge in [-0.2, -0.15) is 18.7 Å². The summed E-state index contributed by atoms with van der Waals surface area (Å²) in [5, 5.41) is 15.9. The topological polar surface area (TPSA) is 95.9 Å². The van der Waals surface area contributed by atoms with Gasteiger partial charge in [0.15, 0.2) is 5.82 Å². The second-order valence-corrected chi connectivity index (χ2v) is 15.4. The highest BCUT2D eigenvalue weighted by molar-refractivity contribution is 6.03. The molecule has 274 valence electrons. The first-order chi connectivity index (χ1) is 25.1. The molecule has 0 amide bonds. The molecule has 3 saturated heterocycles. The number of anilines is 1. The number of nitrogens with one attached hydrogen (secondary N) is 1. The van der Waals surface area contributed by atoms with Gasteiger partial charge in [-0.15, -0.1) is 0 Å². The lowest BCUT2D eigenvalue weighted by molar-refractivity contribution is 0.153. The number of phenolic OH excluding ortho intramolecular Hbond substituents is 1. The Kier molecular flexibility index (Phi) is 8.22. The van der Waals surface area contributed by atoms with Crippen molar-refractivity contribution >= 4 is 27.5 Å². The molecule has 4 fully saturated rings. The van der Waals surface area contributed by atoms with Crippen LogP contribution in [0.2, 0.25) is 0 Å². The van der Waals surface area contributed by atoms with E-state index in [0.29, 0.717) is 72.9 Å². The highest BCUT2D eigenvalue weighted by Crippen LogP contribution is 2.49. The maximum absolute atomic E-state index is 17.3. The lowest BCUT2D eigenvalue weighted by Gasteiger charge is -2.42. The number of pyridine rings is 1. The minimum Gasteiger partial charge on any atom is -0.508 e. The van der Waals surface area contributed by atoms with E-state index < -0.39 is 17.7 Å². The van der Waals surface area contributed by atoms with E-state index in [4.69, 9.17) is 24.4 Å². The summed E-state index contributed by atoms with van der Waals surface area (Å²) >= 11 is 0. The zero-order valence-corrected chi connectivity index (χ0v) is 29.3. The molecule has 13 heteroatoms. The second kappa shape index (κ2) is 12.7. The molecule has 2 aromatic heterocycles. The summed E-state index contributed by atoms with van der Waals surface area (Å²) in [6, 6.07) is 6.17. The Hall–Kier alpha value is -4.23. The maximum Gasteiger partial charge on any atom is 0.319 e. The summed E-state index contributed by atoms with van der Waals surface area (Å²) in [4.78, 5) is 18.9. The number of aromatic nitrogens is 3. The molecule has 2 N–H and O–H groups in total. The number of fused-ring (bicyclic) bond motifs is 6. The first-order valence-electron chi connectivity index (χ1n) is 18.5. The van der Waals surface area contributed by atoms with Crippen LogP contribution in [-0.2, 0) is 6.42 Å². The Morgan fingerprint density at radius 1 is 1.08 bits per heavy atom. The van der Waals surface area contributed by atoms with Gasteiger partial charge in [0.25, 0.3) is 6.08 Å². The van der Waals surface area contributed by atoms with Crippen molar-refractivity contribution < 1.29 is 32.1 Å². The van der Waals surface area contributed by atoms with Crippen LogP contribution in [0, 0.1) is 17.0 Å². The molecule has 0 spiro atoms.